The molecular formula is C17H13F3N2O5S. The van der Waals surface area contributed by atoms with Crippen molar-refractivity contribution in [2.75, 3.05) is 6.79 Å². The van der Waals surface area contributed by atoms with E-state index in [0.717, 1.165) is 11.3 Å². The molecular weight excluding hydrogens is 401 g/mol. The van der Waals surface area contributed by atoms with Gasteiger partial charge in [-0.15, -0.1) is 11.3 Å². The number of fused-ring (bicyclic) bond motifs is 1. The van der Waals surface area contributed by atoms with Gasteiger partial charge in [0.25, 0.3) is 0 Å². The van der Waals surface area contributed by atoms with Crippen molar-refractivity contribution in [1.82, 2.24) is 10.6 Å². The first-order valence-corrected chi connectivity index (χ1v) is 8.94. The molecule has 148 valence electrons. The second kappa shape index (κ2) is 6.38. The van der Waals surface area contributed by atoms with Crippen LogP contribution in [0.15, 0.2) is 35.7 Å². The Kier molecular flexibility index (Phi) is 4.23. The molecule has 0 spiro atoms. The number of hydrogen-bond acceptors (Lipinski definition) is 6. The normalized spacial score (nSPS) is 26.5. The van der Waals surface area contributed by atoms with Crippen molar-refractivity contribution in [3.05, 3.63) is 46.2 Å². The molecule has 2 aliphatic heterocycles. The van der Waals surface area contributed by atoms with Crippen LogP contribution in [0, 0.1) is 5.92 Å². The number of nitrogens with one attached hydrogen (secondary N) is 2. The summed E-state index contributed by atoms with van der Waals surface area (Å²) in [6.45, 7) is -0.0542. The van der Waals surface area contributed by atoms with Crippen LogP contribution in [0.1, 0.15) is 16.5 Å². The van der Waals surface area contributed by atoms with Crippen molar-refractivity contribution in [2.45, 2.75) is 17.9 Å². The molecule has 2 aliphatic rings. The summed E-state index contributed by atoms with van der Waals surface area (Å²) >= 11 is 0.923. The van der Waals surface area contributed by atoms with E-state index in [9.17, 15) is 27.9 Å². The topological polar surface area (TPSA) is 96.9 Å². The maximum absolute atomic E-state index is 13.4. The molecule has 1 aromatic heterocycles. The van der Waals surface area contributed by atoms with Gasteiger partial charge in [-0.2, -0.15) is 13.2 Å². The molecule has 7 nitrogen and oxygen atoms in total. The molecule has 2 amide bonds. The predicted octanol–water partition coefficient (Wildman–Crippen LogP) is 2.42. The quantitative estimate of drug-likeness (QED) is 0.717. The third-order valence-electron chi connectivity index (χ3n) is 4.59. The first kappa shape index (κ1) is 18.6. The summed E-state index contributed by atoms with van der Waals surface area (Å²) in [6.07, 6.45) is -5.23. The Morgan fingerprint density at radius 3 is 2.68 bits per heavy atom. The van der Waals surface area contributed by atoms with Gasteiger partial charge in [0.15, 0.2) is 17.2 Å². The van der Waals surface area contributed by atoms with E-state index >= 15 is 0 Å². The maximum Gasteiger partial charge on any atom is 0.450 e. The summed E-state index contributed by atoms with van der Waals surface area (Å²) in [5.41, 5.74) is -2.37. The zero-order valence-electron chi connectivity index (χ0n) is 13.9. The minimum atomic E-state index is -5.23. The lowest BCUT2D eigenvalue weighted by Crippen LogP contribution is -2.66. The third-order valence-corrected chi connectivity index (χ3v) is 5.58. The molecule has 0 aliphatic carbocycles. The highest BCUT2D eigenvalue weighted by Crippen LogP contribution is 2.45. The SMILES string of the molecule is O=C1N[C@H](c2ccc3c(c2)OCO3)[C@@H](C(=O)C(F)(F)F)[C@@](O)(c2cccs2)N1. The molecule has 0 saturated carbocycles. The Morgan fingerprint density at radius 2 is 2.00 bits per heavy atom. The van der Waals surface area contributed by atoms with Crippen molar-refractivity contribution in [2.24, 2.45) is 5.92 Å². The van der Waals surface area contributed by atoms with Crippen molar-refractivity contribution >= 4 is 23.2 Å². The van der Waals surface area contributed by atoms with Gasteiger partial charge in [-0.3, -0.25) is 4.79 Å². The molecule has 3 heterocycles. The van der Waals surface area contributed by atoms with Crippen molar-refractivity contribution in [3.8, 4) is 11.5 Å². The number of amides is 2. The summed E-state index contributed by atoms with van der Waals surface area (Å²) < 4.78 is 50.5. The summed E-state index contributed by atoms with van der Waals surface area (Å²) in [5, 5.41) is 17.0. The van der Waals surface area contributed by atoms with E-state index in [4.69, 9.17) is 9.47 Å². The molecule has 2 aromatic rings. The lowest BCUT2D eigenvalue weighted by atomic mass is 9.78. The number of ether oxygens (including phenoxy) is 2. The molecule has 3 atom stereocenters. The molecule has 0 unspecified atom stereocenters. The van der Waals surface area contributed by atoms with Crippen LogP contribution in [-0.4, -0.2) is 29.9 Å². The Labute approximate surface area is 160 Å². The summed E-state index contributed by atoms with van der Waals surface area (Å²) in [6, 6.07) is 4.74. The van der Waals surface area contributed by atoms with Crippen molar-refractivity contribution in [1.29, 1.82) is 0 Å². The van der Waals surface area contributed by atoms with Crippen LogP contribution < -0.4 is 20.1 Å². The highest BCUT2D eigenvalue weighted by molar-refractivity contribution is 7.10. The van der Waals surface area contributed by atoms with Gasteiger partial charge in [-0.1, -0.05) is 12.1 Å². The fraction of sp³-hybridized carbons (Fsp3) is 0.294. The van der Waals surface area contributed by atoms with E-state index in [1.807, 2.05) is 0 Å². The average Bonchev–Trinajstić information content (AvgIpc) is 3.31. The Hall–Kier alpha value is -2.79. The fourth-order valence-corrected chi connectivity index (χ4v) is 4.18. The van der Waals surface area contributed by atoms with E-state index in [1.165, 1.54) is 35.7 Å². The molecule has 1 saturated heterocycles. The number of halogens is 3. The smallest absolute Gasteiger partial charge is 0.450 e. The number of carbonyl (C=O) groups excluding carboxylic acids is 2. The number of rotatable bonds is 3. The number of benzene rings is 1. The van der Waals surface area contributed by atoms with Crippen LogP contribution in [0.4, 0.5) is 18.0 Å². The van der Waals surface area contributed by atoms with E-state index in [-0.39, 0.29) is 23.0 Å². The monoisotopic (exact) mass is 414 g/mol. The highest BCUT2D eigenvalue weighted by Gasteiger charge is 2.59. The van der Waals surface area contributed by atoms with E-state index in [0.29, 0.717) is 5.75 Å². The number of aliphatic hydroxyl groups is 1. The Bertz CT molecular complexity index is 933. The van der Waals surface area contributed by atoms with Gasteiger partial charge in [0.05, 0.1) is 10.9 Å². The van der Waals surface area contributed by atoms with Gasteiger partial charge in [-0.05, 0) is 29.1 Å². The lowest BCUT2D eigenvalue weighted by Gasteiger charge is -2.44. The minimum absolute atomic E-state index is 0.00990. The first-order chi connectivity index (χ1) is 13.2. The number of alkyl halides is 3. The van der Waals surface area contributed by atoms with Gasteiger partial charge in [0.2, 0.25) is 12.6 Å². The minimum Gasteiger partial charge on any atom is -0.454 e. The van der Waals surface area contributed by atoms with Crippen LogP contribution >= 0.6 is 11.3 Å². The van der Waals surface area contributed by atoms with Crippen LogP contribution in [-0.2, 0) is 10.5 Å². The molecule has 11 heteroatoms. The molecule has 1 aromatic carbocycles. The Morgan fingerprint density at radius 1 is 1.25 bits per heavy atom. The van der Waals surface area contributed by atoms with Gasteiger partial charge in [-0.25, -0.2) is 4.79 Å². The molecule has 4 rings (SSSR count). The molecule has 0 bridgehead atoms. The van der Waals surface area contributed by atoms with Crippen LogP contribution in [0.2, 0.25) is 0 Å². The van der Waals surface area contributed by atoms with Crippen molar-refractivity contribution in [3.63, 3.8) is 0 Å². The first-order valence-electron chi connectivity index (χ1n) is 8.06. The average molecular weight is 414 g/mol. The lowest BCUT2D eigenvalue weighted by molar-refractivity contribution is -0.190. The van der Waals surface area contributed by atoms with Crippen LogP contribution in [0.5, 0.6) is 11.5 Å². The van der Waals surface area contributed by atoms with E-state index in [1.54, 1.807) is 0 Å². The number of ketones is 1. The van der Waals surface area contributed by atoms with E-state index in [2.05, 4.69) is 10.6 Å². The number of Topliss-reactive ketones (excluding diaryl/α,β-unsaturated/α-hetero) is 1. The van der Waals surface area contributed by atoms with Crippen LogP contribution in [0.25, 0.3) is 0 Å². The number of carbonyl (C=O) groups is 2. The second-order valence-corrected chi connectivity index (χ2v) is 7.22. The number of thiophene rings is 1. The van der Waals surface area contributed by atoms with Gasteiger partial charge in [0.1, 0.15) is 5.92 Å². The predicted molar refractivity (Wildman–Crippen MR) is 89.7 cm³/mol. The zero-order chi connectivity index (χ0) is 20.1. The van der Waals surface area contributed by atoms with Crippen LogP contribution in [0.3, 0.4) is 0 Å². The Balaban J connectivity index is 1.85. The van der Waals surface area contributed by atoms with Gasteiger partial charge in [0, 0.05) is 0 Å². The summed E-state index contributed by atoms with van der Waals surface area (Å²) in [7, 11) is 0. The third kappa shape index (κ3) is 2.96. The van der Waals surface area contributed by atoms with E-state index < -0.39 is 35.7 Å². The maximum atomic E-state index is 13.4. The zero-order valence-corrected chi connectivity index (χ0v) is 14.8. The summed E-state index contributed by atoms with van der Waals surface area (Å²) in [5.74, 6) is -3.58. The second-order valence-electron chi connectivity index (χ2n) is 6.27. The molecule has 0 radical (unpaired) electrons. The summed E-state index contributed by atoms with van der Waals surface area (Å²) in [4.78, 5) is 24.5. The van der Waals surface area contributed by atoms with Gasteiger partial charge < -0.3 is 25.2 Å². The molecule has 28 heavy (non-hydrogen) atoms. The molecule has 1 fully saturated rings. The number of hydrogen-bond donors (Lipinski definition) is 3. The standard InChI is InChI=1S/C17H13F3N2O5S/c18-17(19,20)14(23)12-13(8-3-4-9-10(6-8)27-7-26-9)21-15(24)22-16(12,25)11-2-1-5-28-11/h1-6,12-13,25H,7H2,(H2,21,22,24)/t12-,13+,16-/m0/s1. The fourth-order valence-electron chi connectivity index (χ4n) is 3.36. The van der Waals surface area contributed by atoms with Gasteiger partial charge >= 0.3 is 12.2 Å². The molecule has 3 N–H and O–H groups in total. The number of urea groups is 1. The van der Waals surface area contributed by atoms with Crippen molar-refractivity contribution < 1.29 is 37.3 Å². The largest absolute Gasteiger partial charge is 0.454 e. The highest BCUT2D eigenvalue weighted by atomic mass is 32.1.